The summed E-state index contributed by atoms with van der Waals surface area (Å²) in [6.07, 6.45) is 3.36. The Balaban J connectivity index is 2.06. The van der Waals surface area contributed by atoms with E-state index >= 15 is 0 Å². The smallest absolute Gasteiger partial charge is 0.243 e. The van der Waals surface area contributed by atoms with Gasteiger partial charge in [-0.25, -0.2) is 13.4 Å². The first kappa shape index (κ1) is 20.5. The molecule has 0 aliphatic rings. The summed E-state index contributed by atoms with van der Waals surface area (Å²) in [5, 5.41) is 3.16. The predicted octanol–water partition coefficient (Wildman–Crippen LogP) is 2.77. The zero-order chi connectivity index (χ0) is 19.3. The lowest BCUT2D eigenvalue weighted by atomic mass is 10.1. The van der Waals surface area contributed by atoms with Gasteiger partial charge in [-0.1, -0.05) is 37.6 Å². The van der Waals surface area contributed by atoms with Crippen LogP contribution in [0.1, 0.15) is 30.2 Å². The van der Waals surface area contributed by atoms with Gasteiger partial charge in [-0.3, -0.25) is 4.79 Å². The minimum absolute atomic E-state index is 0.0841. The Morgan fingerprint density at radius 3 is 2.54 bits per heavy atom. The maximum absolute atomic E-state index is 12.1. The molecule has 0 aliphatic heterocycles. The number of amides is 1. The van der Waals surface area contributed by atoms with Gasteiger partial charge in [0.05, 0.1) is 17.5 Å². The molecule has 0 spiro atoms. The van der Waals surface area contributed by atoms with E-state index in [0.717, 1.165) is 35.2 Å². The fraction of sp³-hybridized carbons (Fsp3) is 0.444. The van der Waals surface area contributed by atoms with E-state index in [1.54, 1.807) is 0 Å². The molecule has 1 heterocycles. The minimum Gasteiger partial charge on any atom is -0.320 e. The van der Waals surface area contributed by atoms with Crippen molar-refractivity contribution in [1.29, 1.82) is 0 Å². The quantitative estimate of drug-likeness (QED) is 0.715. The number of hydrogen-bond acceptors (Lipinski definition) is 6. The maximum Gasteiger partial charge on any atom is 0.243 e. The van der Waals surface area contributed by atoms with E-state index in [1.165, 1.54) is 16.9 Å². The largest absolute Gasteiger partial charge is 0.320 e. The molecule has 142 valence electrons. The number of aryl methyl sites for hydroxylation is 2. The van der Waals surface area contributed by atoms with E-state index in [-0.39, 0.29) is 12.2 Å². The Morgan fingerprint density at radius 2 is 1.96 bits per heavy atom. The summed E-state index contributed by atoms with van der Waals surface area (Å²) in [7, 11) is -3.15. The molecule has 1 aromatic heterocycles. The summed E-state index contributed by atoms with van der Waals surface area (Å²) < 4.78 is 22.4. The number of thiazole rings is 1. The van der Waals surface area contributed by atoms with Crippen LogP contribution in [0.25, 0.3) is 11.3 Å². The Morgan fingerprint density at radius 1 is 1.31 bits per heavy atom. The third-order valence-electron chi connectivity index (χ3n) is 3.93. The van der Waals surface area contributed by atoms with Gasteiger partial charge in [0.1, 0.15) is 9.84 Å². The molecule has 1 unspecified atom stereocenters. The van der Waals surface area contributed by atoms with Gasteiger partial charge in [-0.05, 0) is 25.3 Å². The molecule has 2 rings (SSSR count). The minimum atomic E-state index is -3.15. The molecule has 8 heteroatoms. The van der Waals surface area contributed by atoms with Crippen molar-refractivity contribution in [2.75, 3.05) is 17.3 Å². The number of nitrogens with zero attached hydrogens (tertiary/aromatic N) is 1. The van der Waals surface area contributed by atoms with Gasteiger partial charge in [0.2, 0.25) is 5.91 Å². The van der Waals surface area contributed by atoms with E-state index in [4.69, 9.17) is 5.73 Å². The van der Waals surface area contributed by atoms with E-state index in [0.29, 0.717) is 5.13 Å². The Kier molecular flexibility index (Phi) is 6.91. The molecular formula is C18H25N3O3S2. The highest BCUT2D eigenvalue weighted by atomic mass is 32.2. The number of aromatic nitrogens is 1. The van der Waals surface area contributed by atoms with E-state index in [1.807, 2.05) is 19.1 Å². The summed E-state index contributed by atoms with van der Waals surface area (Å²) in [4.78, 5) is 17.6. The number of nitrogens with one attached hydrogen (secondary N) is 1. The second-order valence-corrected chi connectivity index (χ2v) is 9.85. The van der Waals surface area contributed by atoms with Crippen molar-refractivity contribution < 1.29 is 13.2 Å². The first-order chi connectivity index (χ1) is 12.2. The summed E-state index contributed by atoms with van der Waals surface area (Å²) >= 11 is 1.38. The number of nitrogens with two attached hydrogens (primary N) is 1. The average molecular weight is 396 g/mol. The molecule has 3 N–H and O–H groups in total. The highest BCUT2D eigenvalue weighted by Gasteiger charge is 2.18. The third kappa shape index (κ3) is 5.89. The van der Waals surface area contributed by atoms with Crippen LogP contribution >= 0.6 is 11.3 Å². The number of carbonyl (C=O) groups excluding carboxylic acids is 1. The van der Waals surface area contributed by atoms with Gasteiger partial charge < -0.3 is 11.1 Å². The number of hydrogen-bond donors (Lipinski definition) is 2. The second-order valence-electron chi connectivity index (χ2n) is 6.39. The van der Waals surface area contributed by atoms with Gasteiger partial charge >= 0.3 is 0 Å². The van der Waals surface area contributed by atoms with Crippen molar-refractivity contribution in [2.24, 2.45) is 5.73 Å². The van der Waals surface area contributed by atoms with Crippen LogP contribution in [0.15, 0.2) is 24.3 Å². The number of anilines is 1. The first-order valence-corrected chi connectivity index (χ1v) is 11.4. The zero-order valence-corrected chi connectivity index (χ0v) is 16.9. The number of rotatable bonds is 8. The van der Waals surface area contributed by atoms with E-state index in [2.05, 4.69) is 29.4 Å². The molecule has 0 saturated heterocycles. The molecule has 1 aromatic carbocycles. The molecule has 0 saturated carbocycles. The predicted molar refractivity (Wildman–Crippen MR) is 107 cm³/mol. The van der Waals surface area contributed by atoms with Gasteiger partial charge in [-0.15, -0.1) is 11.3 Å². The summed E-state index contributed by atoms with van der Waals surface area (Å²) in [6, 6.07) is 7.38. The maximum atomic E-state index is 12.1. The first-order valence-electron chi connectivity index (χ1n) is 8.50. The number of sulfone groups is 1. The van der Waals surface area contributed by atoms with Gasteiger partial charge in [0, 0.05) is 16.7 Å². The lowest BCUT2D eigenvalue weighted by Crippen LogP contribution is -2.37. The molecule has 0 bridgehead atoms. The molecule has 0 aliphatic carbocycles. The highest BCUT2D eigenvalue weighted by Crippen LogP contribution is 2.30. The van der Waals surface area contributed by atoms with Crippen molar-refractivity contribution in [3.8, 4) is 11.3 Å². The summed E-state index contributed by atoms with van der Waals surface area (Å²) in [5.74, 6) is -0.541. The van der Waals surface area contributed by atoms with Gasteiger partial charge in [0.25, 0.3) is 0 Å². The van der Waals surface area contributed by atoms with Gasteiger partial charge in [0.15, 0.2) is 5.13 Å². The zero-order valence-electron chi connectivity index (χ0n) is 15.3. The molecule has 1 atom stereocenters. The topological polar surface area (TPSA) is 102 Å². The van der Waals surface area contributed by atoms with Crippen molar-refractivity contribution in [3.63, 3.8) is 0 Å². The monoisotopic (exact) mass is 395 g/mol. The molecule has 0 fully saturated rings. The molecular weight excluding hydrogens is 370 g/mol. The molecule has 6 nitrogen and oxygen atoms in total. The Bertz CT molecular complexity index is 858. The average Bonchev–Trinajstić information content (AvgIpc) is 2.93. The highest BCUT2D eigenvalue weighted by molar-refractivity contribution is 7.90. The van der Waals surface area contributed by atoms with Crippen LogP contribution in [0.3, 0.4) is 0 Å². The van der Waals surface area contributed by atoms with Crippen LogP contribution in [0, 0.1) is 6.92 Å². The van der Waals surface area contributed by atoms with E-state index < -0.39 is 21.8 Å². The van der Waals surface area contributed by atoms with Crippen LogP contribution in [0.2, 0.25) is 0 Å². The van der Waals surface area contributed by atoms with E-state index in [9.17, 15) is 13.2 Å². The van der Waals surface area contributed by atoms with Crippen molar-refractivity contribution in [1.82, 2.24) is 4.98 Å². The van der Waals surface area contributed by atoms with Crippen LogP contribution < -0.4 is 11.1 Å². The van der Waals surface area contributed by atoms with Gasteiger partial charge in [-0.2, -0.15) is 0 Å². The van der Waals surface area contributed by atoms with Crippen LogP contribution in [-0.4, -0.2) is 37.4 Å². The molecule has 1 amide bonds. The fourth-order valence-electron chi connectivity index (χ4n) is 2.51. The second kappa shape index (κ2) is 8.75. The lowest BCUT2D eigenvalue weighted by molar-refractivity contribution is -0.117. The summed E-state index contributed by atoms with van der Waals surface area (Å²) in [5.41, 5.74) is 8.89. The SMILES string of the molecule is CCCc1ccc(-c2nc(NC(=O)C(N)CCS(C)(=O)=O)sc2C)cc1. The standard InChI is InChI=1S/C18H25N3O3S2/c1-4-5-13-6-8-14(9-7-13)16-12(2)25-18(20-16)21-17(22)15(19)10-11-26(3,23)24/h6-9,15H,4-5,10-11,19H2,1-3H3,(H,20,21,22). The van der Waals surface area contributed by atoms with Crippen LogP contribution in [0.4, 0.5) is 5.13 Å². The molecule has 26 heavy (non-hydrogen) atoms. The Hall–Kier alpha value is -1.77. The summed E-state index contributed by atoms with van der Waals surface area (Å²) in [6.45, 7) is 4.10. The van der Waals surface area contributed by atoms with Crippen molar-refractivity contribution >= 4 is 32.2 Å². The molecule has 0 radical (unpaired) electrons. The van der Waals surface area contributed by atoms with Crippen molar-refractivity contribution in [2.45, 2.75) is 39.2 Å². The fourth-order valence-corrected chi connectivity index (χ4v) is 4.03. The normalized spacial score (nSPS) is 12.8. The van der Waals surface area contributed by atoms with Crippen molar-refractivity contribution in [3.05, 3.63) is 34.7 Å². The molecule has 2 aromatic rings. The third-order valence-corrected chi connectivity index (χ3v) is 5.79. The van der Waals surface area contributed by atoms with Crippen LogP contribution in [-0.2, 0) is 21.1 Å². The Labute approximate surface area is 158 Å². The number of carbonyl (C=O) groups is 1. The number of benzene rings is 1. The lowest BCUT2D eigenvalue weighted by Gasteiger charge is -2.09. The van der Waals surface area contributed by atoms with Crippen LogP contribution in [0.5, 0.6) is 0 Å².